The molecule has 0 saturated heterocycles. The van der Waals surface area contributed by atoms with Crippen LogP contribution >= 0.6 is 0 Å². The maximum absolute atomic E-state index is 15.1. The zero-order valence-corrected chi connectivity index (χ0v) is 23.5. The first-order valence-electron chi connectivity index (χ1n) is 14.1. The Morgan fingerprint density at radius 1 is 0.974 bits per heavy atom. The Labute approximate surface area is 231 Å². The van der Waals surface area contributed by atoms with E-state index in [1.807, 2.05) is 24.3 Å². The lowest BCUT2D eigenvalue weighted by molar-refractivity contribution is -0.141. The van der Waals surface area contributed by atoms with Gasteiger partial charge < -0.3 is 14.2 Å². The van der Waals surface area contributed by atoms with Gasteiger partial charge in [0.15, 0.2) is 0 Å². The molecular weight excluding hydrogens is 491 g/mol. The number of hydrogen-bond acceptors (Lipinski definition) is 4. The summed E-state index contributed by atoms with van der Waals surface area (Å²) in [4.78, 5) is 12.0. The number of benzene rings is 3. The molecule has 3 aromatic rings. The lowest BCUT2D eigenvalue weighted by Gasteiger charge is -2.30. The highest BCUT2D eigenvalue weighted by Gasteiger charge is 2.37. The predicted molar refractivity (Wildman–Crippen MR) is 152 cm³/mol. The number of carbonyl (C=O) groups is 1. The van der Waals surface area contributed by atoms with Crippen LogP contribution in [0.15, 0.2) is 60.7 Å². The van der Waals surface area contributed by atoms with Crippen molar-refractivity contribution in [3.63, 3.8) is 0 Å². The zero-order valence-electron chi connectivity index (χ0n) is 23.5. The Morgan fingerprint density at radius 3 is 2.49 bits per heavy atom. The van der Waals surface area contributed by atoms with Gasteiger partial charge in [-0.3, -0.25) is 4.79 Å². The number of hydrogen-bond donors (Lipinski definition) is 0. The van der Waals surface area contributed by atoms with Gasteiger partial charge in [0.25, 0.3) is 0 Å². The van der Waals surface area contributed by atoms with E-state index in [9.17, 15) is 4.79 Å². The van der Waals surface area contributed by atoms with Crippen molar-refractivity contribution >= 4 is 5.97 Å². The third-order valence-electron chi connectivity index (χ3n) is 8.71. The van der Waals surface area contributed by atoms with E-state index in [0.29, 0.717) is 36.2 Å². The maximum Gasteiger partial charge on any atom is 0.306 e. The summed E-state index contributed by atoms with van der Waals surface area (Å²) in [5.41, 5.74) is 4.98. The van der Waals surface area contributed by atoms with Crippen molar-refractivity contribution in [3.05, 3.63) is 83.2 Å². The van der Waals surface area contributed by atoms with Gasteiger partial charge in [0.1, 0.15) is 23.9 Å². The van der Waals surface area contributed by atoms with E-state index in [1.54, 1.807) is 19.2 Å². The van der Waals surface area contributed by atoms with Gasteiger partial charge in [0, 0.05) is 5.56 Å². The fraction of sp³-hybridized carbons (Fsp3) is 0.441. The first-order valence-corrected chi connectivity index (χ1v) is 14.1. The van der Waals surface area contributed by atoms with E-state index in [-0.39, 0.29) is 23.1 Å². The van der Waals surface area contributed by atoms with E-state index >= 15 is 4.39 Å². The fourth-order valence-electron chi connectivity index (χ4n) is 6.30. The molecule has 0 bridgehead atoms. The Balaban J connectivity index is 1.42. The molecule has 2 aliphatic carbocycles. The normalized spacial score (nSPS) is 18.9. The summed E-state index contributed by atoms with van der Waals surface area (Å²) in [5, 5.41) is 0. The Bertz CT molecular complexity index is 1330. The number of rotatable bonds is 10. The van der Waals surface area contributed by atoms with Crippen molar-refractivity contribution in [2.75, 3.05) is 14.2 Å². The SMILES string of the molecule is COC(=O)C[C@@H](c1cccc(OCc2ccc(-c3cc(OC)ccc3F)c([C@H]3CCCC3(C)C)c2)c1)C1CC1. The van der Waals surface area contributed by atoms with Gasteiger partial charge in [-0.15, -0.1) is 0 Å². The minimum Gasteiger partial charge on any atom is -0.497 e. The first kappa shape index (κ1) is 27.2. The summed E-state index contributed by atoms with van der Waals surface area (Å²) < 4.78 is 31.7. The highest BCUT2D eigenvalue weighted by Crippen LogP contribution is 2.51. The summed E-state index contributed by atoms with van der Waals surface area (Å²) in [6, 6.07) is 19.3. The molecule has 39 heavy (non-hydrogen) atoms. The summed E-state index contributed by atoms with van der Waals surface area (Å²) in [6.07, 6.45) is 6.09. The van der Waals surface area contributed by atoms with E-state index in [1.165, 1.54) is 25.2 Å². The molecule has 0 radical (unpaired) electrons. The maximum atomic E-state index is 15.1. The minimum atomic E-state index is -0.245. The molecule has 0 unspecified atom stereocenters. The van der Waals surface area contributed by atoms with Crippen LogP contribution in [0.25, 0.3) is 11.1 Å². The van der Waals surface area contributed by atoms with Crippen LogP contribution in [-0.2, 0) is 16.1 Å². The lowest BCUT2D eigenvalue weighted by atomic mass is 9.75. The molecule has 0 spiro atoms. The molecule has 0 N–H and O–H groups in total. The second kappa shape index (κ2) is 11.4. The molecule has 0 heterocycles. The van der Waals surface area contributed by atoms with Gasteiger partial charge in [0.05, 0.1) is 20.6 Å². The highest BCUT2D eigenvalue weighted by molar-refractivity contribution is 5.71. The third kappa shape index (κ3) is 6.13. The van der Waals surface area contributed by atoms with Gasteiger partial charge in [0.2, 0.25) is 0 Å². The van der Waals surface area contributed by atoms with Gasteiger partial charge in [-0.2, -0.15) is 0 Å². The third-order valence-corrected chi connectivity index (χ3v) is 8.71. The highest BCUT2D eigenvalue weighted by atomic mass is 19.1. The molecule has 2 aliphatic rings. The molecule has 5 rings (SSSR count). The van der Waals surface area contributed by atoms with Gasteiger partial charge in [-0.25, -0.2) is 4.39 Å². The topological polar surface area (TPSA) is 44.8 Å². The average molecular weight is 531 g/mol. The molecule has 0 amide bonds. The van der Waals surface area contributed by atoms with Gasteiger partial charge in [-0.05, 0) is 101 Å². The molecule has 4 nitrogen and oxygen atoms in total. The monoisotopic (exact) mass is 530 g/mol. The van der Waals surface area contributed by atoms with E-state index in [4.69, 9.17) is 14.2 Å². The molecule has 206 valence electrons. The van der Waals surface area contributed by atoms with Crippen LogP contribution in [-0.4, -0.2) is 20.2 Å². The Kier molecular flexibility index (Phi) is 7.97. The number of methoxy groups -OCH3 is 2. The van der Waals surface area contributed by atoms with Crippen molar-refractivity contribution in [2.24, 2.45) is 11.3 Å². The summed E-state index contributed by atoms with van der Waals surface area (Å²) in [7, 11) is 3.05. The lowest BCUT2D eigenvalue weighted by Crippen LogP contribution is -2.17. The number of halogens is 1. The van der Waals surface area contributed by atoms with Crippen LogP contribution in [0.4, 0.5) is 4.39 Å². The van der Waals surface area contributed by atoms with Crippen molar-refractivity contribution < 1.29 is 23.4 Å². The van der Waals surface area contributed by atoms with Gasteiger partial charge in [-0.1, -0.05) is 50.6 Å². The second-order valence-electron chi connectivity index (χ2n) is 11.8. The molecule has 2 fully saturated rings. The number of ether oxygens (including phenoxy) is 3. The van der Waals surface area contributed by atoms with Crippen LogP contribution < -0.4 is 9.47 Å². The molecule has 0 aliphatic heterocycles. The smallest absolute Gasteiger partial charge is 0.306 e. The van der Waals surface area contributed by atoms with Gasteiger partial charge >= 0.3 is 5.97 Å². The standard InChI is InChI=1S/C34H39FO4/c1-34(2)16-6-9-31(34)29-17-22(10-14-27(29)30-19-25(37-3)13-15-32(30)35)21-39-26-8-5-7-24(18-26)28(23-11-12-23)20-33(36)38-4/h5,7-8,10,13-15,17-19,23,28,31H,6,9,11-12,16,20-21H2,1-4H3/t28-,31-/m1/s1. The van der Waals surface area contributed by atoms with E-state index in [0.717, 1.165) is 48.1 Å². The molecule has 3 aromatic carbocycles. The first-order chi connectivity index (χ1) is 18.8. The Hall–Kier alpha value is -3.34. The zero-order chi connectivity index (χ0) is 27.6. The fourth-order valence-corrected chi connectivity index (χ4v) is 6.30. The largest absolute Gasteiger partial charge is 0.497 e. The quantitative estimate of drug-likeness (QED) is 0.247. The minimum absolute atomic E-state index is 0.134. The average Bonchev–Trinajstić information content (AvgIpc) is 3.72. The molecule has 0 aromatic heterocycles. The van der Waals surface area contributed by atoms with Crippen molar-refractivity contribution in [1.82, 2.24) is 0 Å². The van der Waals surface area contributed by atoms with Crippen molar-refractivity contribution in [2.45, 2.75) is 70.8 Å². The van der Waals surface area contributed by atoms with Crippen LogP contribution in [0.3, 0.4) is 0 Å². The molecule has 2 atom stereocenters. The summed E-state index contributed by atoms with van der Waals surface area (Å²) in [6.45, 7) is 5.04. The van der Waals surface area contributed by atoms with Crippen LogP contribution in [0.1, 0.15) is 80.9 Å². The predicted octanol–water partition coefficient (Wildman–Crippen LogP) is 8.43. The van der Waals surface area contributed by atoms with E-state index < -0.39 is 0 Å². The number of carbonyl (C=O) groups excluding carboxylic acids is 1. The van der Waals surface area contributed by atoms with Crippen LogP contribution in [0.5, 0.6) is 11.5 Å². The van der Waals surface area contributed by atoms with Crippen molar-refractivity contribution in [1.29, 1.82) is 0 Å². The summed E-state index contributed by atoms with van der Waals surface area (Å²) in [5.74, 6) is 2.04. The van der Waals surface area contributed by atoms with E-state index in [2.05, 4.69) is 32.0 Å². The summed E-state index contributed by atoms with van der Waals surface area (Å²) >= 11 is 0. The van der Waals surface area contributed by atoms with Crippen LogP contribution in [0, 0.1) is 17.2 Å². The molecular formula is C34H39FO4. The molecule has 2 saturated carbocycles. The second-order valence-corrected chi connectivity index (χ2v) is 11.8. The molecule has 5 heteroatoms. The van der Waals surface area contributed by atoms with Crippen molar-refractivity contribution in [3.8, 4) is 22.6 Å². The Morgan fingerprint density at radius 2 is 1.79 bits per heavy atom. The van der Waals surface area contributed by atoms with Crippen LogP contribution in [0.2, 0.25) is 0 Å². The number of esters is 1.